The molecule has 10 aliphatic rings. The lowest BCUT2D eigenvalue weighted by Gasteiger charge is -2.48. The van der Waals surface area contributed by atoms with Crippen molar-refractivity contribution in [2.75, 3.05) is 0 Å². The topological polar surface area (TPSA) is 0 Å². The minimum absolute atomic E-state index is 0.251. The molecule has 0 spiro atoms. The SMILES string of the molecule is C1=CC2=C(CC1)c1cc3c(-c4ccccc4)c4c(c(-c5ccccc5)c3c3cccc2c13)C1=CC=C2C3=CC=C5c6cc(C7CCCCC7)ccc6C6=CC=C(C7=CC=C4C1C72)C3C65. The maximum atomic E-state index is 2.62. The molecule has 0 aromatic heterocycles. The lowest BCUT2D eigenvalue weighted by Crippen LogP contribution is -2.37. The van der Waals surface area contributed by atoms with Crippen molar-refractivity contribution < 1.29 is 0 Å². The van der Waals surface area contributed by atoms with Crippen LogP contribution in [0, 0.1) is 23.7 Å². The summed E-state index contributed by atoms with van der Waals surface area (Å²) in [5, 5.41) is 5.60. The fourth-order valence-electron chi connectivity index (χ4n) is 15.0. The Morgan fingerprint density at radius 3 is 1.69 bits per heavy atom. The molecule has 6 aromatic rings. The van der Waals surface area contributed by atoms with Crippen molar-refractivity contribution in [3.05, 3.63) is 225 Å². The van der Waals surface area contributed by atoms with Crippen molar-refractivity contribution in [3.63, 3.8) is 0 Å². The highest BCUT2D eigenvalue weighted by Gasteiger charge is 2.54. The highest BCUT2D eigenvalue weighted by Crippen LogP contribution is 2.69. The molecule has 4 unspecified atom stereocenters. The van der Waals surface area contributed by atoms with Gasteiger partial charge in [0.1, 0.15) is 0 Å². The molecule has 10 aliphatic carbocycles. The van der Waals surface area contributed by atoms with Crippen LogP contribution in [0.3, 0.4) is 0 Å². The van der Waals surface area contributed by atoms with Gasteiger partial charge in [-0.3, -0.25) is 0 Å². The summed E-state index contributed by atoms with van der Waals surface area (Å²) >= 11 is 0. The molecule has 0 heterocycles. The first-order valence-electron chi connectivity index (χ1n) is 24.2. The maximum absolute atomic E-state index is 2.62. The Hall–Kier alpha value is -6.76. The highest BCUT2D eigenvalue weighted by molar-refractivity contribution is 6.30. The average Bonchev–Trinajstić information content (AvgIpc) is 4.00. The summed E-state index contributed by atoms with van der Waals surface area (Å²) < 4.78 is 0. The highest BCUT2D eigenvalue weighted by atomic mass is 14.6. The van der Waals surface area contributed by atoms with Gasteiger partial charge in [0.05, 0.1) is 0 Å². The Kier molecular flexibility index (Phi) is 6.77. The van der Waals surface area contributed by atoms with Crippen LogP contribution in [-0.4, -0.2) is 0 Å². The number of benzene rings is 6. The van der Waals surface area contributed by atoms with Crippen LogP contribution in [0.2, 0.25) is 0 Å². The van der Waals surface area contributed by atoms with Gasteiger partial charge < -0.3 is 0 Å². The number of rotatable bonds is 3. The van der Waals surface area contributed by atoms with Crippen LogP contribution in [0.4, 0.5) is 0 Å². The van der Waals surface area contributed by atoms with Crippen molar-refractivity contribution in [3.8, 4) is 22.3 Å². The van der Waals surface area contributed by atoms with E-state index in [1.54, 1.807) is 33.4 Å². The molecule has 16 rings (SSSR count). The number of hydrogen-bond acceptors (Lipinski definition) is 0. The molecule has 0 radical (unpaired) electrons. The van der Waals surface area contributed by atoms with Gasteiger partial charge in [-0.25, -0.2) is 0 Å². The van der Waals surface area contributed by atoms with Gasteiger partial charge in [-0.15, -0.1) is 0 Å². The molecule has 0 bridgehead atoms. The van der Waals surface area contributed by atoms with Crippen LogP contribution >= 0.6 is 0 Å². The van der Waals surface area contributed by atoms with Crippen LogP contribution in [0.25, 0.3) is 77.2 Å². The summed E-state index contributed by atoms with van der Waals surface area (Å²) in [4.78, 5) is 0. The first kappa shape index (κ1) is 34.7. The van der Waals surface area contributed by atoms with Gasteiger partial charge in [0.25, 0.3) is 0 Å². The zero-order chi connectivity index (χ0) is 41.4. The fourth-order valence-corrected chi connectivity index (χ4v) is 15.0. The molecule has 302 valence electrons. The van der Waals surface area contributed by atoms with Crippen LogP contribution < -0.4 is 0 Å². The predicted octanol–water partition coefficient (Wildman–Crippen LogP) is 16.4. The summed E-state index contributed by atoms with van der Waals surface area (Å²) in [6.45, 7) is 0. The zero-order valence-corrected chi connectivity index (χ0v) is 35.9. The van der Waals surface area contributed by atoms with E-state index in [2.05, 4.69) is 164 Å². The molecule has 0 heteroatoms. The number of fused-ring (bicyclic) bond motifs is 12. The second-order valence-electron chi connectivity index (χ2n) is 20.2. The quantitative estimate of drug-likeness (QED) is 0.156. The molecule has 2 fully saturated rings. The van der Waals surface area contributed by atoms with E-state index in [0.717, 1.165) is 12.8 Å². The Bertz CT molecular complexity index is 3550. The van der Waals surface area contributed by atoms with Crippen molar-refractivity contribution >= 4 is 55.0 Å². The smallest absolute Gasteiger partial charge is 0.0212 e. The van der Waals surface area contributed by atoms with Crippen LogP contribution in [0.15, 0.2) is 186 Å². The Labute approximate surface area is 375 Å². The van der Waals surface area contributed by atoms with Crippen LogP contribution in [0.1, 0.15) is 89.8 Å². The minimum Gasteiger partial charge on any atom is -0.0836 e. The standard InChI is InChI=1S/C64H46/c1-4-13-35(14-5-1)38-23-24-41-43-25-26-44-46-29-31-50-61-51(32-30-47(60(46)61)45-27-28-48(52(41)33-38)58(43)59(44)45)64-56(37-17-8-3-9-18-37)62-49-22-12-21-42-39-19-10-11-20-40(39)53(57(42)49)34-54(62)55(63(50)64)36-15-6-2-7-16-36/h2-3,6-10,12,15-19,21-35,58-61H,1,4-5,11,13-14,20H2. The van der Waals surface area contributed by atoms with Gasteiger partial charge in [-0.05, 0) is 176 Å². The molecule has 6 aromatic carbocycles. The van der Waals surface area contributed by atoms with Crippen LogP contribution in [0.5, 0.6) is 0 Å². The summed E-state index contributed by atoms with van der Waals surface area (Å²) in [6.07, 6.45) is 34.3. The number of allylic oxidation sites excluding steroid dienone is 20. The molecule has 2 saturated carbocycles. The van der Waals surface area contributed by atoms with Gasteiger partial charge in [0.15, 0.2) is 0 Å². The van der Waals surface area contributed by atoms with E-state index in [4.69, 9.17) is 0 Å². The summed E-state index contributed by atoms with van der Waals surface area (Å²) in [5.41, 5.74) is 30.9. The average molecular weight is 815 g/mol. The normalized spacial score (nSPS) is 24.7. The largest absolute Gasteiger partial charge is 0.0836 e. The minimum atomic E-state index is 0.251. The van der Waals surface area contributed by atoms with Crippen molar-refractivity contribution in [1.29, 1.82) is 0 Å². The summed E-state index contributed by atoms with van der Waals surface area (Å²) in [6, 6.07) is 40.1. The lowest BCUT2D eigenvalue weighted by atomic mass is 9.54. The van der Waals surface area contributed by atoms with Crippen molar-refractivity contribution in [2.45, 2.75) is 50.9 Å². The molecule has 4 atom stereocenters. The third-order valence-electron chi connectivity index (χ3n) is 17.4. The monoisotopic (exact) mass is 814 g/mol. The van der Waals surface area contributed by atoms with Gasteiger partial charge in [-0.2, -0.15) is 0 Å². The van der Waals surface area contributed by atoms with Gasteiger partial charge in [0.2, 0.25) is 0 Å². The predicted molar refractivity (Wildman–Crippen MR) is 268 cm³/mol. The molecular weight excluding hydrogens is 769 g/mol. The zero-order valence-electron chi connectivity index (χ0n) is 35.9. The van der Waals surface area contributed by atoms with Crippen molar-refractivity contribution in [1.82, 2.24) is 0 Å². The molecule has 0 saturated heterocycles. The van der Waals surface area contributed by atoms with E-state index in [1.165, 1.54) is 137 Å². The molecule has 64 heavy (non-hydrogen) atoms. The van der Waals surface area contributed by atoms with Crippen LogP contribution in [-0.2, 0) is 0 Å². The van der Waals surface area contributed by atoms with Crippen molar-refractivity contribution in [2.24, 2.45) is 23.7 Å². The van der Waals surface area contributed by atoms with Gasteiger partial charge in [0, 0.05) is 23.7 Å². The Balaban J connectivity index is 0.967. The molecule has 0 aliphatic heterocycles. The maximum Gasteiger partial charge on any atom is 0.0212 e. The number of hydrogen-bond donors (Lipinski definition) is 0. The molecule has 0 amide bonds. The fraction of sp³-hybridized carbons (Fsp3) is 0.188. The van der Waals surface area contributed by atoms with Gasteiger partial charge >= 0.3 is 0 Å². The van der Waals surface area contributed by atoms with Gasteiger partial charge in [-0.1, -0.05) is 177 Å². The van der Waals surface area contributed by atoms with E-state index in [9.17, 15) is 0 Å². The summed E-state index contributed by atoms with van der Waals surface area (Å²) in [5.74, 6) is 1.98. The first-order valence-corrected chi connectivity index (χ1v) is 24.2. The second-order valence-corrected chi connectivity index (χ2v) is 20.2. The van der Waals surface area contributed by atoms with E-state index in [0.29, 0.717) is 17.8 Å². The molecular formula is C64H46. The third kappa shape index (κ3) is 4.26. The Morgan fingerprint density at radius 1 is 0.391 bits per heavy atom. The summed E-state index contributed by atoms with van der Waals surface area (Å²) in [7, 11) is 0. The van der Waals surface area contributed by atoms with E-state index < -0.39 is 0 Å². The third-order valence-corrected chi connectivity index (χ3v) is 17.4. The van der Waals surface area contributed by atoms with E-state index in [-0.39, 0.29) is 11.8 Å². The lowest BCUT2D eigenvalue weighted by molar-refractivity contribution is 0.443. The first-order chi connectivity index (χ1) is 31.8. The second kappa shape index (κ2) is 12.5. The molecule has 0 N–H and O–H groups in total. The molecule has 0 nitrogen and oxygen atoms in total. The Morgan fingerprint density at radius 2 is 0.984 bits per heavy atom. The van der Waals surface area contributed by atoms with E-state index in [1.807, 2.05) is 0 Å². The van der Waals surface area contributed by atoms with E-state index >= 15 is 0 Å².